The van der Waals surface area contributed by atoms with E-state index in [-0.39, 0.29) is 46.1 Å². The molecule has 204 valence electrons. The molecule has 0 spiro atoms. The average Bonchev–Trinajstić information content (AvgIpc) is 3.59. The molecular weight excluding hydrogens is 659 g/mol. The van der Waals surface area contributed by atoms with E-state index in [1.54, 1.807) is 0 Å². The van der Waals surface area contributed by atoms with Crippen molar-refractivity contribution in [3.8, 4) is 22.3 Å². The van der Waals surface area contributed by atoms with Gasteiger partial charge in [0.1, 0.15) is 0 Å². The zero-order valence-corrected chi connectivity index (χ0v) is 28.5. The van der Waals surface area contributed by atoms with Gasteiger partial charge in [0.15, 0.2) is 0 Å². The molecule has 1 fully saturated rings. The molecule has 0 unspecified atom stereocenters. The molecule has 41 heavy (non-hydrogen) atoms. The van der Waals surface area contributed by atoms with Crippen LogP contribution in [0.4, 0.5) is 0 Å². The minimum Gasteiger partial charge on any atom is -0.358 e. The van der Waals surface area contributed by atoms with Crippen LogP contribution in [0.5, 0.6) is 0 Å². The van der Waals surface area contributed by atoms with Crippen molar-refractivity contribution in [1.82, 2.24) is 0 Å². The molecule has 6 aromatic carbocycles. The number of aryl methyl sites for hydroxylation is 2. The number of benzene rings is 4. The largest absolute Gasteiger partial charge is 4.00 e. The Kier molecular flexibility index (Phi) is 9.39. The molecule has 0 atom stereocenters. The molecule has 0 saturated heterocycles. The normalized spacial score (nSPS) is 14.2. The molecule has 0 aromatic heterocycles. The molecular formula is C40H40Hf. The number of fused-ring (bicyclic) bond motifs is 2. The van der Waals surface area contributed by atoms with Gasteiger partial charge in [0.05, 0.1) is 0 Å². The second-order valence-electron chi connectivity index (χ2n) is 11.5. The minimum absolute atomic E-state index is 0. The van der Waals surface area contributed by atoms with E-state index in [2.05, 4.69) is 123 Å². The summed E-state index contributed by atoms with van der Waals surface area (Å²) in [6.07, 6.45) is 6.36. The maximum atomic E-state index is 2.53. The Hall–Kier alpha value is -3.03. The van der Waals surface area contributed by atoms with Crippen molar-refractivity contribution in [2.45, 2.75) is 51.4 Å². The van der Waals surface area contributed by atoms with Gasteiger partial charge in [-0.25, -0.2) is 0 Å². The van der Waals surface area contributed by atoms with Crippen molar-refractivity contribution in [1.29, 1.82) is 0 Å². The van der Waals surface area contributed by atoms with E-state index in [0.717, 1.165) is 0 Å². The van der Waals surface area contributed by atoms with Crippen molar-refractivity contribution < 1.29 is 25.8 Å². The SMILES string of the molecule is Cc1cccc(-c2cccc3[cH-]c(C4(c5cc6c(-c7cccc(C)c7)cccc6[cH-]5)CCCCC4)cc23)c1.[CH3-].[CH3-].[Hf+4]. The first-order chi connectivity index (χ1) is 18.6. The van der Waals surface area contributed by atoms with Gasteiger partial charge >= 0.3 is 25.8 Å². The number of hydrogen-bond donors (Lipinski definition) is 0. The molecule has 0 heterocycles. The third-order valence-electron chi connectivity index (χ3n) is 8.97. The molecule has 0 aliphatic heterocycles. The fraction of sp³-hybridized carbons (Fsp3) is 0.200. The van der Waals surface area contributed by atoms with Gasteiger partial charge in [-0.15, -0.1) is 69.1 Å². The van der Waals surface area contributed by atoms with Crippen LogP contribution in [0.1, 0.15) is 54.4 Å². The molecule has 0 amide bonds. The third-order valence-corrected chi connectivity index (χ3v) is 8.97. The Labute approximate surface area is 266 Å². The van der Waals surface area contributed by atoms with Crippen LogP contribution in [0.15, 0.2) is 109 Å². The summed E-state index contributed by atoms with van der Waals surface area (Å²) in [5, 5.41) is 5.49. The predicted octanol–water partition coefficient (Wildman–Crippen LogP) is 11.5. The first kappa shape index (κ1) is 30.9. The fourth-order valence-corrected chi connectivity index (χ4v) is 7.05. The van der Waals surface area contributed by atoms with E-state index in [0.29, 0.717) is 0 Å². The Bertz CT molecular complexity index is 1640. The molecule has 7 rings (SSSR count). The zero-order chi connectivity index (χ0) is 25.7. The summed E-state index contributed by atoms with van der Waals surface area (Å²) >= 11 is 0. The Morgan fingerprint density at radius 3 is 1.41 bits per heavy atom. The smallest absolute Gasteiger partial charge is 0.358 e. The standard InChI is InChI=1S/C38H34.2CH3.Hf/c1-26-10-6-12-28(20-26)34-16-8-14-30-22-32(24-36(30)34)38(18-4-3-5-19-38)33-23-31-15-9-17-35(37(31)25-33)29-13-7-11-27(2)21-29;;;/h6-17,20-25H,3-5,18-19H2,1-2H3;2*1H3;/q-2;2*-1;+4. The van der Waals surface area contributed by atoms with Gasteiger partial charge in [-0.3, -0.25) is 0 Å². The van der Waals surface area contributed by atoms with Gasteiger partial charge in [0.2, 0.25) is 0 Å². The van der Waals surface area contributed by atoms with Crippen molar-refractivity contribution >= 4 is 21.5 Å². The van der Waals surface area contributed by atoms with Crippen LogP contribution < -0.4 is 0 Å². The van der Waals surface area contributed by atoms with Crippen LogP contribution in [-0.4, -0.2) is 0 Å². The monoisotopic (exact) mass is 700 g/mol. The Morgan fingerprint density at radius 1 is 0.537 bits per heavy atom. The van der Waals surface area contributed by atoms with E-state index in [4.69, 9.17) is 0 Å². The van der Waals surface area contributed by atoms with Gasteiger partial charge in [0, 0.05) is 0 Å². The van der Waals surface area contributed by atoms with Crippen LogP contribution in [0.3, 0.4) is 0 Å². The maximum absolute atomic E-state index is 2.53. The van der Waals surface area contributed by atoms with Crippen LogP contribution in [0.25, 0.3) is 43.8 Å². The molecule has 0 N–H and O–H groups in total. The average molecular weight is 699 g/mol. The second-order valence-corrected chi connectivity index (χ2v) is 11.5. The quantitative estimate of drug-likeness (QED) is 0.127. The molecule has 1 saturated carbocycles. The topological polar surface area (TPSA) is 0 Å². The van der Waals surface area contributed by atoms with Gasteiger partial charge in [-0.05, 0) is 43.2 Å². The summed E-state index contributed by atoms with van der Waals surface area (Å²) in [5.41, 5.74) is 11.0. The van der Waals surface area contributed by atoms with Gasteiger partial charge in [0.25, 0.3) is 0 Å². The minimum atomic E-state index is 0. The van der Waals surface area contributed by atoms with Crippen molar-refractivity contribution in [2.24, 2.45) is 0 Å². The molecule has 1 aliphatic rings. The zero-order valence-electron chi connectivity index (χ0n) is 24.9. The van der Waals surface area contributed by atoms with E-state index in [1.165, 1.54) is 98.2 Å². The first-order valence-electron chi connectivity index (χ1n) is 14.1. The summed E-state index contributed by atoms with van der Waals surface area (Å²) in [6.45, 7) is 4.37. The molecule has 0 bridgehead atoms. The van der Waals surface area contributed by atoms with E-state index < -0.39 is 0 Å². The summed E-state index contributed by atoms with van der Waals surface area (Å²) in [7, 11) is 0. The van der Waals surface area contributed by atoms with E-state index in [9.17, 15) is 0 Å². The fourth-order valence-electron chi connectivity index (χ4n) is 7.05. The molecule has 0 radical (unpaired) electrons. The van der Waals surface area contributed by atoms with Crippen LogP contribution >= 0.6 is 0 Å². The summed E-state index contributed by atoms with van der Waals surface area (Å²) in [4.78, 5) is 0. The predicted molar refractivity (Wildman–Crippen MR) is 176 cm³/mol. The van der Waals surface area contributed by atoms with Crippen molar-refractivity contribution in [3.05, 3.63) is 146 Å². The molecule has 1 aliphatic carbocycles. The first-order valence-corrected chi connectivity index (χ1v) is 14.1. The third kappa shape index (κ3) is 5.46. The second kappa shape index (κ2) is 12.5. The van der Waals surface area contributed by atoms with Crippen molar-refractivity contribution in [3.63, 3.8) is 0 Å². The summed E-state index contributed by atoms with van der Waals surface area (Å²) in [6, 6.07) is 41.5. The summed E-state index contributed by atoms with van der Waals surface area (Å²) < 4.78 is 0. The molecule has 0 nitrogen and oxygen atoms in total. The van der Waals surface area contributed by atoms with E-state index in [1.807, 2.05) is 0 Å². The van der Waals surface area contributed by atoms with Crippen molar-refractivity contribution in [2.75, 3.05) is 0 Å². The summed E-state index contributed by atoms with van der Waals surface area (Å²) in [5.74, 6) is 0. The van der Waals surface area contributed by atoms with Crippen LogP contribution in [0, 0.1) is 28.7 Å². The Balaban J connectivity index is 0.00000129. The van der Waals surface area contributed by atoms with Gasteiger partial charge in [-0.2, -0.15) is 12.1 Å². The van der Waals surface area contributed by atoms with Gasteiger partial charge < -0.3 is 14.9 Å². The van der Waals surface area contributed by atoms with Crippen LogP contribution in [-0.2, 0) is 31.3 Å². The van der Waals surface area contributed by atoms with E-state index >= 15 is 0 Å². The Morgan fingerprint density at radius 2 is 0.976 bits per heavy atom. The molecule has 1 heteroatoms. The maximum Gasteiger partial charge on any atom is 4.00 e. The molecule has 6 aromatic rings. The van der Waals surface area contributed by atoms with Crippen LogP contribution in [0.2, 0.25) is 0 Å². The number of hydrogen-bond acceptors (Lipinski definition) is 0. The number of rotatable bonds is 4. The van der Waals surface area contributed by atoms with Gasteiger partial charge in [-0.1, -0.05) is 102 Å².